The summed E-state index contributed by atoms with van der Waals surface area (Å²) >= 11 is 0. The number of aromatic hydroxyl groups is 2. The smallest absolute Gasteiger partial charge is 0.326 e. The molecular weight excluding hydrogens is 258 g/mol. The number of aliphatic carboxylic acids is 1. The minimum Gasteiger partial charge on any atom is -0.504 e. The predicted octanol–water partition coefficient (Wildman–Crippen LogP) is 2.21. The first-order valence-electron chi connectivity index (χ1n) is 6.12. The van der Waals surface area contributed by atoms with Crippen molar-refractivity contribution in [2.75, 3.05) is 5.32 Å². The van der Waals surface area contributed by atoms with E-state index in [0.29, 0.717) is 0 Å². The number of rotatable bonds is 5. The van der Waals surface area contributed by atoms with Gasteiger partial charge in [-0.2, -0.15) is 0 Å². The van der Waals surface area contributed by atoms with Gasteiger partial charge in [0.1, 0.15) is 6.04 Å². The molecule has 0 saturated carbocycles. The summed E-state index contributed by atoms with van der Waals surface area (Å²) in [5.74, 6) is -1.68. The van der Waals surface area contributed by atoms with E-state index in [9.17, 15) is 20.1 Å². The van der Waals surface area contributed by atoms with Crippen LogP contribution in [0.1, 0.15) is 5.56 Å². The molecule has 2 aromatic carbocycles. The van der Waals surface area contributed by atoms with E-state index in [1.807, 2.05) is 30.3 Å². The summed E-state index contributed by atoms with van der Waals surface area (Å²) in [5.41, 5.74) is 1.06. The van der Waals surface area contributed by atoms with Gasteiger partial charge in [-0.25, -0.2) is 4.79 Å². The fraction of sp³-hybridized carbons (Fsp3) is 0.133. The Morgan fingerprint density at radius 3 is 2.40 bits per heavy atom. The summed E-state index contributed by atoms with van der Waals surface area (Å²) in [4.78, 5) is 11.3. The van der Waals surface area contributed by atoms with Crippen molar-refractivity contribution in [1.29, 1.82) is 0 Å². The van der Waals surface area contributed by atoms with Gasteiger partial charge in [0.25, 0.3) is 0 Å². The largest absolute Gasteiger partial charge is 0.504 e. The molecule has 0 aliphatic heterocycles. The number of para-hydroxylation sites is 1. The van der Waals surface area contributed by atoms with Crippen LogP contribution in [0.4, 0.5) is 5.69 Å². The second kappa shape index (κ2) is 5.97. The Kier molecular flexibility index (Phi) is 4.10. The highest BCUT2D eigenvalue weighted by Gasteiger charge is 2.19. The molecule has 0 radical (unpaired) electrons. The van der Waals surface area contributed by atoms with Gasteiger partial charge in [-0.15, -0.1) is 0 Å². The van der Waals surface area contributed by atoms with Crippen LogP contribution in [-0.4, -0.2) is 27.3 Å². The fourth-order valence-corrected chi connectivity index (χ4v) is 1.89. The first-order chi connectivity index (χ1) is 9.58. The zero-order chi connectivity index (χ0) is 14.5. The van der Waals surface area contributed by atoms with Gasteiger partial charge in [0, 0.05) is 6.42 Å². The second-order valence-corrected chi connectivity index (χ2v) is 4.40. The summed E-state index contributed by atoms with van der Waals surface area (Å²) < 4.78 is 0. The van der Waals surface area contributed by atoms with Crippen LogP contribution in [0.25, 0.3) is 0 Å². The fourth-order valence-electron chi connectivity index (χ4n) is 1.89. The number of hydrogen-bond donors (Lipinski definition) is 4. The van der Waals surface area contributed by atoms with Crippen LogP contribution in [-0.2, 0) is 11.2 Å². The molecule has 0 saturated heterocycles. The number of anilines is 1. The lowest BCUT2D eigenvalue weighted by molar-refractivity contribution is -0.137. The predicted molar refractivity (Wildman–Crippen MR) is 75.0 cm³/mol. The maximum absolute atomic E-state index is 11.3. The maximum atomic E-state index is 11.3. The van der Waals surface area contributed by atoms with Gasteiger partial charge in [-0.05, 0) is 17.7 Å². The molecule has 1 unspecified atom stereocenters. The number of phenolic OH excluding ortho intramolecular Hbond substituents is 2. The van der Waals surface area contributed by atoms with Crippen LogP contribution in [0.15, 0.2) is 48.5 Å². The number of benzene rings is 2. The van der Waals surface area contributed by atoms with Crippen molar-refractivity contribution in [3.63, 3.8) is 0 Å². The standard InChI is InChI=1S/C15H15NO4/c17-13-8-4-7-11(14(13)18)16-12(15(19)20)9-10-5-2-1-3-6-10/h1-8,12,16-18H,9H2,(H,19,20). The van der Waals surface area contributed by atoms with Gasteiger partial charge >= 0.3 is 5.97 Å². The Hall–Kier alpha value is -2.69. The van der Waals surface area contributed by atoms with Crippen molar-refractivity contribution in [2.24, 2.45) is 0 Å². The molecule has 2 rings (SSSR count). The van der Waals surface area contributed by atoms with E-state index >= 15 is 0 Å². The van der Waals surface area contributed by atoms with Gasteiger partial charge in [0.2, 0.25) is 0 Å². The molecule has 0 aromatic heterocycles. The first kappa shape index (κ1) is 13.7. The lowest BCUT2D eigenvalue weighted by Gasteiger charge is -2.17. The third-order valence-electron chi connectivity index (χ3n) is 2.93. The summed E-state index contributed by atoms with van der Waals surface area (Å²) in [6, 6.07) is 12.7. The Bertz CT molecular complexity index is 598. The van der Waals surface area contributed by atoms with Gasteiger partial charge in [0.05, 0.1) is 5.69 Å². The van der Waals surface area contributed by atoms with E-state index in [1.54, 1.807) is 0 Å². The van der Waals surface area contributed by atoms with Crippen molar-refractivity contribution in [2.45, 2.75) is 12.5 Å². The molecule has 0 bridgehead atoms. The number of nitrogens with one attached hydrogen (secondary N) is 1. The topological polar surface area (TPSA) is 89.8 Å². The van der Waals surface area contributed by atoms with Crippen molar-refractivity contribution >= 4 is 11.7 Å². The lowest BCUT2D eigenvalue weighted by Crippen LogP contribution is -2.31. The molecule has 104 valence electrons. The highest BCUT2D eigenvalue weighted by molar-refractivity contribution is 5.79. The SMILES string of the molecule is O=C(O)C(Cc1ccccc1)Nc1cccc(O)c1O. The van der Waals surface area contributed by atoms with Crippen molar-refractivity contribution in [3.05, 3.63) is 54.1 Å². The van der Waals surface area contributed by atoms with Crippen molar-refractivity contribution in [3.8, 4) is 11.5 Å². The Labute approximate surface area is 116 Å². The van der Waals surface area contributed by atoms with E-state index in [2.05, 4.69) is 5.32 Å². The molecule has 0 aliphatic rings. The van der Waals surface area contributed by atoms with Crippen LogP contribution in [0.5, 0.6) is 11.5 Å². The summed E-state index contributed by atoms with van der Waals surface area (Å²) in [6.07, 6.45) is 0.269. The van der Waals surface area contributed by atoms with Crippen LogP contribution >= 0.6 is 0 Å². The first-order valence-corrected chi connectivity index (χ1v) is 6.12. The zero-order valence-corrected chi connectivity index (χ0v) is 10.7. The molecule has 4 N–H and O–H groups in total. The molecule has 0 heterocycles. The Balaban J connectivity index is 2.18. The van der Waals surface area contributed by atoms with Crippen molar-refractivity contribution in [1.82, 2.24) is 0 Å². The molecular formula is C15H15NO4. The van der Waals surface area contributed by atoms with Crippen LogP contribution < -0.4 is 5.32 Å². The number of carboxylic acids is 1. The normalized spacial score (nSPS) is 11.8. The van der Waals surface area contributed by atoms with Crippen LogP contribution in [0.3, 0.4) is 0 Å². The zero-order valence-electron chi connectivity index (χ0n) is 10.7. The number of phenols is 2. The van der Waals surface area contributed by atoms with E-state index in [-0.39, 0.29) is 23.6 Å². The third-order valence-corrected chi connectivity index (χ3v) is 2.93. The maximum Gasteiger partial charge on any atom is 0.326 e. The number of hydrogen-bond acceptors (Lipinski definition) is 4. The molecule has 5 nitrogen and oxygen atoms in total. The average Bonchev–Trinajstić information content (AvgIpc) is 2.44. The highest BCUT2D eigenvalue weighted by Crippen LogP contribution is 2.33. The lowest BCUT2D eigenvalue weighted by atomic mass is 10.1. The number of carboxylic acid groups (broad SMARTS) is 1. The van der Waals surface area contributed by atoms with Gasteiger partial charge < -0.3 is 20.6 Å². The van der Waals surface area contributed by atoms with E-state index in [1.165, 1.54) is 18.2 Å². The minimum absolute atomic E-state index is 0.188. The average molecular weight is 273 g/mol. The second-order valence-electron chi connectivity index (χ2n) is 4.40. The van der Waals surface area contributed by atoms with E-state index < -0.39 is 12.0 Å². The molecule has 0 aliphatic carbocycles. The van der Waals surface area contributed by atoms with Gasteiger partial charge in [-0.3, -0.25) is 0 Å². The summed E-state index contributed by atoms with van der Waals surface area (Å²) in [6.45, 7) is 0. The third kappa shape index (κ3) is 3.20. The molecule has 20 heavy (non-hydrogen) atoms. The minimum atomic E-state index is -1.03. The van der Waals surface area contributed by atoms with E-state index in [4.69, 9.17) is 0 Å². The Morgan fingerprint density at radius 1 is 1.05 bits per heavy atom. The monoisotopic (exact) mass is 273 g/mol. The van der Waals surface area contributed by atoms with Crippen molar-refractivity contribution < 1.29 is 20.1 Å². The molecule has 0 amide bonds. The molecule has 1 atom stereocenters. The van der Waals surface area contributed by atoms with Gasteiger partial charge in [0.15, 0.2) is 11.5 Å². The quantitative estimate of drug-likeness (QED) is 0.627. The molecule has 2 aromatic rings. The highest BCUT2D eigenvalue weighted by atomic mass is 16.4. The molecule has 0 spiro atoms. The summed E-state index contributed by atoms with van der Waals surface area (Å²) in [5, 5.41) is 31.1. The molecule has 0 fully saturated rings. The molecule has 5 heteroatoms. The van der Waals surface area contributed by atoms with Crippen LogP contribution in [0, 0.1) is 0 Å². The van der Waals surface area contributed by atoms with Gasteiger partial charge in [-0.1, -0.05) is 36.4 Å². The van der Waals surface area contributed by atoms with E-state index in [0.717, 1.165) is 5.56 Å². The number of carbonyl (C=O) groups is 1. The summed E-state index contributed by atoms with van der Waals surface area (Å²) in [7, 11) is 0. The van der Waals surface area contributed by atoms with Crippen LogP contribution in [0.2, 0.25) is 0 Å². The Morgan fingerprint density at radius 2 is 1.75 bits per heavy atom.